The zero-order valence-electron chi connectivity index (χ0n) is 15.4. The summed E-state index contributed by atoms with van der Waals surface area (Å²) in [5.41, 5.74) is 2.55. The molecule has 7 heteroatoms. The van der Waals surface area contributed by atoms with Gasteiger partial charge in [0.25, 0.3) is 0 Å². The molecule has 0 fully saturated rings. The lowest BCUT2D eigenvalue weighted by atomic mass is 10.1. The number of carbonyl (C=O) groups excluding carboxylic acids is 1. The van der Waals surface area contributed by atoms with E-state index in [1.165, 1.54) is 11.8 Å². The van der Waals surface area contributed by atoms with E-state index in [1.54, 1.807) is 13.0 Å². The number of anilines is 1. The molecule has 0 saturated carbocycles. The van der Waals surface area contributed by atoms with Gasteiger partial charge in [-0.05, 0) is 13.8 Å². The van der Waals surface area contributed by atoms with Gasteiger partial charge in [-0.1, -0.05) is 71.5 Å². The summed E-state index contributed by atoms with van der Waals surface area (Å²) in [6, 6.07) is 19.6. The number of rotatable bonds is 5. The van der Waals surface area contributed by atoms with Crippen molar-refractivity contribution >= 4 is 34.3 Å². The Hall–Kier alpha value is -3.19. The van der Waals surface area contributed by atoms with Gasteiger partial charge in [-0.2, -0.15) is 0 Å². The molecule has 6 nitrogen and oxygen atoms in total. The van der Waals surface area contributed by atoms with Gasteiger partial charge in [-0.25, -0.2) is 0 Å². The Balaban J connectivity index is 1.61. The molecular formula is C21H18N4O2S. The van der Waals surface area contributed by atoms with E-state index in [0.717, 1.165) is 22.0 Å². The number of hydrogen-bond donors (Lipinski definition) is 1. The van der Waals surface area contributed by atoms with Crippen LogP contribution in [0.15, 0.2) is 70.2 Å². The Kier molecular flexibility index (Phi) is 5.08. The molecule has 1 atom stereocenters. The number of carbonyl (C=O) groups is 1. The lowest BCUT2D eigenvalue weighted by Gasteiger charge is -2.12. The Labute approximate surface area is 166 Å². The van der Waals surface area contributed by atoms with Crippen LogP contribution in [0.1, 0.15) is 12.6 Å². The van der Waals surface area contributed by atoms with E-state index in [4.69, 9.17) is 4.52 Å². The number of nitrogens with zero attached hydrogens (tertiary/aromatic N) is 3. The quantitative estimate of drug-likeness (QED) is 0.497. The number of amides is 1. The first-order chi connectivity index (χ1) is 13.6. The van der Waals surface area contributed by atoms with Crippen molar-refractivity contribution in [2.75, 3.05) is 5.32 Å². The predicted octanol–water partition coefficient (Wildman–Crippen LogP) is 4.71. The van der Waals surface area contributed by atoms with Gasteiger partial charge in [0.1, 0.15) is 10.7 Å². The summed E-state index contributed by atoms with van der Waals surface area (Å²) in [5.74, 6) is 0.157. The minimum Gasteiger partial charge on any atom is -0.338 e. The number of thioether (sulfide) groups is 1. The van der Waals surface area contributed by atoms with Crippen LogP contribution in [0.25, 0.3) is 22.0 Å². The molecule has 2 aromatic heterocycles. The second-order valence-corrected chi connectivity index (χ2v) is 7.68. The molecule has 0 aliphatic heterocycles. The summed E-state index contributed by atoms with van der Waals surface area (Å²) < 4.78 is 5.05. The highest BCUT2D eigenvalue weighted by atomic mass is 32.2. The van der Waals surface area contributed by atoms with E-state index in [2.05, 4.69) is 20.7 Å². The molecule has 0 radical (unpaired) electrons. The highest BCUT2D eigenvalue weighted by molar-refractivity contribution is 8.00. The summed E-state index contributed by atoms with van der Waals surface area (Å²) >= 11 is 1.36. The van der Waals surface area contributed by atoms with Crippen LogP contribution >= 0.6 is 11.8 Å². The summed E-state index contributed by atoms with van der Waals surface area (Å²) in [4.78, 5) is 12.5. The molecule has 28 heavy (non-hydrogen) atoms. The second-order valence-electron chi connectivity index (χ2n) is 6.35. The Morgan fingerprint density at radius 3 is 2.46 bits per heavy atom. The number of benzene rings is 2. The normalized spacial score (nSPS) is 12.1. The molecule has 140 valence electrons. The molecule has 0 aliphatic carbocycles. The number of nitrogens with one attached hydrogen (secondary N) is 1. The molecule has 2 aromatic carbocycles. The molecule has 4 rings (SSSR count). The van der Waals surface area contributed by atoms with Gasteiger partial charge in [0.2, 0.25) is 11.8 Å². The second kappa shape index (κ2) is 7.82. The van der Waals surface area contributed by atoms with Crippen molar-refractivity contribution < 1.29 is 9.32 Å². The van der Waals surface area contributed by atoms with Crippen molar-refractivity contribution in [3.63, 3.8) is 0 Å². The van der Waals surface area contributed by atoms with E-state index >= 15 is 0 Å². The van der Waals surface area contributed by atoms with Crippen molar-refractivity contribution in [3.8, 4) is 11.3 Å². The summed E-state index contributed by atoms with van der Waals surface area (Å²) in [6.07, 6.45) is 0. The lowest BCUT2D eigenvalue weighted by Crippen LogP contribution is -2.22. The first kappa shape index (κ1) is 18.2. The van der Waals surface area contributed by atoms with E-state index in [0.29, 0.717) is 16.6 Å². The Bertz CT molecular complexity index is 1130. The Morgan fingerprint density at radius 1 is 1.04 bits per heavy atom. The van der Waals surface area contributed by atoms with E-state index in [9.17, 15) is 4.79 Å². The third-order valence-corrected chi connectivity index (χ3v) is 5.33. The highest BCUT2D eigenvalue weighted by Gasteiger charge is 2.19. The smallest absolute Gasteiger partial charge is 0.240 e. The number of aromatic nitrogens is 3. The van der Waals surface area contributed by atoms with Crippen LogP contribution in [0.5, 0.6) is 0 Å². The highest BCUT2D eigenvalue weighted by Crippen LogP contribution is 2.33. The van der Waals surface area contributed by atoms with Crippen molar-refractivity contribution in [1.82, 2.24) is 15.4 Å². The Morgan fingerprint density at radius 2 is 1.75 bits per heavy atom. The SMILES string of the molecule is Cc1cc(NC(=O)C(C)Sc2nnc(-c3ccccc3)c3ccccc23)on1. The first-order valence-electron chi connectivity index (χ1n) is 8.83. The molecule has 2 heterocycles. The monoisotopic (exact) mass is 390 g/mol. The standard InChI is InChI=1S/C21H18N4O2S/c1-13-12-18(27-25-13)22-20(26)14(2)28-21-17-11-7-6-10-16(17)19(23-24-21)15-8-4-3-5-9-15/h3-12,14H,1-2H3,(H,22,26). The van der Waals surface area contributed by atoms with Crippen LogP contribution in [-0.4, -0.2) is 26.5 Å². The van der Waals surface area contributed by atoms with Crippen molar-refractivity contribution in [2.45, 2.75) is 24.1 Å². The van der Waals surface area contributed by atoms with Gasteiger partial charge >= 0.3 is 0 Å². The summed E-state index contributed by atoms with van der Waals surface area (Å²) in [6.45, 7) is 3.62. The van der Waals surface area contributed by atoms with Crippen LogP contribution in [0, 0.1) is 6.92 Å². The van der Waals surface area contributed by atoms with Crippen LogP contribution in [-0.2, 0) is 4.79 Å². The van der Waals surface area contributed by atoms with E-state index < -0.39 is 0 Å². The first-order valence-corrected chi connectivity index (χ1v) is 9.71. The maximum absolute atomic E-state index is 12.5. The van der Waals surface area contributed by atoms with Crippen molar-refractivity contribution in [3.05, 3.63) is 66.4 Å². The number of aryl methyl sites for hydroxylation is 1. The average Bonchev–Trinajstić information content (AvgIpc) is 3.13. The van der Waals surface area contributed by atoms with Gasteiger partial charge in [0.05, 0.1) is 10.9 Å². The van der Waals surface area contributed by atoms with Gasteiger partial charge in [0.15, 0.2) is 0 Å². The fourth-order valence-corrected chi connectivity index (χ4v) is 3.74. The largest absolute Gasteiger partial charge is 0.338 e. The molecule has 0 bridgehead atoms. The average molecular weight is 390 g/mol. The van der Waals surface area contributed by atoms with Gasteiger partial charge in [0, 0.05) is 22.4 Å². The van der Waals surface area contributed by atoms with Gasteiger partial charge in [-0.3, -0.25) is 10.1 Å². The molecule has 1 amide bonds. The van der Waals surface area contributed by atoms with Gasteiger partial charge < -0.3 is 4.52 Å². The molecule has 0 aliphatic rings. The summed E-state index contributed by atoms with van der Waals surface area (Å²) in [5, 5.41) is 17.7. The maximum atomic E-state index is 12.5. The van der Waals surface area contributed by atoms with E-state index in [-0.39, 0.29) is 11.2 Å². The number of hydrogen-bond acceptors (Lipinski definition) is 6. The predicted molar refractivity (Wildman–Crippen MR) is 110 cm³/mol. The van der Waals surface area contributed by atoms with Crippen LogP contribution < -0.4 is 5.32 Å². The molecule has 4 aromatic rings. The van der Waals surface area contributed by atoms with Crippen LogP contribution in [0.4, 0.5) is 5.88 Å². The minimum absolute atomic E-state index is 0.181. The molecule has 1 unspecified atom stereocenters. The van der Waals surface area contributed by atoms with Crippen molar-refractivity contribution in [2.24, 2.45) is 0 Å². The fraction of sp³-hybridized carbons (Fsp3) is 0.143. The number of fused-ring (bicyclic) bond motifs is 1. The van der Waals surface area contributed by atoms with Crippen LogP contribution in [0.2, 0.25) is 0 Å². The third-order valence-electron chi connectivity index (χ3n) is 4.23. The molecule has 0 spiro atoms. The molecule has 0 saturated heterocycles. The lowest BCUT2D eigenvalue weighted by molar-refractivity contribution is -0.115. The van der Waals surface area contributed by atoms with Gasteiger partial charge in [-0.15, -0.1) is 10.2 Å². The van der Waals surface area contributed by atoms with Crippen LogP contribution in [0.3, 0.4) is 0 Å². The molecular weight excluding hydrogens is 372 g/mol. The molecule has 1 N–H and O–H groups in total. The zero-order valence-corrected chi connectivity index (χ0v) is 16.2. The maximum Gasteiger partial charge on any atom is 0.240 e. The fourth-order valence-electron chi connectivity index (χ4n) is 2.84. The van der Waals surface area contributed by atoms with E-state index in [1.807, 2.05) is 61.5 Å². The zero-order chi connectivity index (χ0) is 19.5. The minimum atomic E-state index is -0.384. The third kappa shape index (κ3) is 3.75. The summed E-state index contributed by atoms with van der Waals surface area (Å²) in [7, 11) is 0. The topological polar surface area (TPSA) is 80.9 Å². The van der Waals surface area contributed by atoms with Crippen molar-refractivity contribution in [1.29, 1.82) is 0 Å².